The molecule has 138 valence electrons. The van der Waals surface area contributed by atoms with Crippen LogP contribution in [-0.2, 0) is 23.8 Å². The Bertz CT molecular complexity index is 650. The van der Waals surface area contributed by atoms with Gasteiger partial charge in [-0.3, -0.25) is 4.79 Å². The van der Waals surface area contributed by atoms with Crippen LogP contribution in [-0.4, -0.2) is 40.6 Å². The number of carbonyl (C=O) groups excluding carboxylic acids is 2. The molecule has 25 heavy (non-hydrogen) atoms. The van der Waals surface area contributed by atoms with Crippen molar-refractivity contribution in [2.45, 2.75) is 70.6 Å². The van der Waals surface area contributed by atoms with Crippen LogP contribution in [0.2, 0.25) is 0 Å². The molecular formula is C19H26O6. The highest BCUT2D eigenvalue weighted by molar-refractivity contribution is 5.91. The van der Waals surface area contributed by atoms with Gasteiger partial charge in [0.25, 0.3) is 0 Å². The van der Waals surface area contributed by atoms with Crippen LogP contribution in [0.1, 0.15) is 47.0 Å². The van der Waals surface area contributed by atoms with Crippen molar-refractivity contribution in [1.29, 1.82) is 0 Å². The lowest BCUT2D eigenvalue weighted by Crippen LogP contribution is -2.40. The zero-order chi connectivity index (χ0) is 18.6. The van der Waals surface area contributed by atoms with Crippen LogP contribution < -0.4 is 0 Å². The van der Waals surface area contributed by atoms with Crippen molar-refractivity contribution in [2.24, 2.45) is 11.8 Å². The molecule has 2 fully saturated rings. The molecule has 3 heterocycles. The van der Waals surface area contributed by atoms with Crippen molar-refractivity contribution >= 4 is 11.9 Å². The Morgan fingerprint density at radius 3 is 2.76 bits per heavy atom. The minimum Gasteiger partial charge on any atom is -0.461 e. The molecule has 0 radical (unpaired) electrons. The van der Waals surface area contributed by atoms with E-state index in [0.29, 0.717) is 30.4 Å². The smallest absolute Gasteiger partial charge is 0.334 e. The fraction of sp³-hybridized carbons (Fsp3) is 0.684. The SMILES string of the molecule is C=C1C(=O)O[C@@H]2/C=C(/C)[C@@]3(O)CC[C@@](C)(C[C@@H](OC(=O)C(C)C)[C@@H]12)O3. The number of carbonyl (C=O) groups is 2. The van der Waals surface area contributed by atoms with Gasteiger partial charge in [0.05, 0.1) is 17.4 Å². The lowest BCUT2D eigenvalue weighted by Gasteiger charge is -2.33. The Morgan fingerprint density at radius 2 is 2.12 bits per heavy atom. The summed E-state index contributed by atoms with van der Waals surface area (Å²) in [5, 5.41) is 10.8. The van der Waals surface area contributed by atoms with Crippen LogP contribution in [0.4, 0.5) is 0 Å². The molecular weight excluding hydrogens is 324 g/mol. The number of fused-ring (bicyclic) bond motifs is 3. The lowest BCUT2D eigenvalue weighted by molar-refractivity contribution is -0.203. The highest BCUT2D eigenvalue weighted by atomic mass is 16.6. The van der Waals surface area contributed by atoms with E-state index in [0.717, 1.165) is 0 Å². The Balaban J connectivity index is 2.03. The fourth-order valence-corrected chi connectivity index (χ4v) is 3.87. The van der Waals surface area contributed by atoms with Crippen molar-refractivity contribution < 1.29 is 28.9 Å². The topological polar surface area (TPSA) is 82.1 Å². The first kappa shape index (κ1) is 18.1. The largest absolute Gasteiger partial charge is 0.461 e. The van der Waals surface area contributed by atoms with Gasteiger partial charge in [-0.1, -0.05) is 20.4 Å². The molecule has 1 N–H and O–H groups in total. The van der Waals surface area contributed by atoms with Crippen molar-refractivity contribution in [1.82, 2.24) is 0 Å². The maximum Gasteiger partial charge on any atom is 0.334 e. The Morgan fingerprint density at radius 1 is 1.44 bits per heavy atom. The summed E-state index contributed by atoms with van der Waals surface area (Å²) in [6.07, 6.45) is 1.92. The molecule has 5 atom stereocenters. The summed E-state index contributed by atoms with van der Waals surface area (Å²) in [5.74, 6) is -2.98. The zero-order valence-electron chi connectivity index (χ0n) is 15.2. The molecule has 2 saturated heterocycles. The standard InChI is InChI=1S/C19H26O6/c1-10(2)16(20)24-14-9-18(5)6-7-19(22,25-18)11(3)8-13-15(14)12(4)17(21)23-13/h8,10,13-15,22H,4,6-7,9H2,1-3,5H3/b11-8-/t13-,14-,15+,18+,19-/m1/s1. The first-order valence-corrected chi connectivity index (χ1v) is 8.76. The van der Waals surface area contributed by atoms with Crippen LogP contribution in [0, 0.1) is 11.8 Å². The number of hydrogen-bond donors (Lipinski definition) is 1. The summed E-state index contributed by atoms with van der Waals surface area (Å²) in [6, 6.07) is 0. The number of rotatable bonds is 2. The molecule has 0 aromatic carbocycles. The molecule has 3 aliphatic rings. The average Bonchev–Trinajstić information content (AvgIpc) is 2.97. The summed E-state index contributed by atoms with van der Waals surface area (Å²) in [7, 11) is 0. The second kappa shape index (κ2) is 5.95. The summed E-state index contributed by atoms with van der Waals surface area (Å²) in [4.78, 5) is 24.3. The van der Waals surface area contributed by atoms with E-state index in [-0.39, 0.29) is 11.9 Å². The van der Waals surface area contributed by atoms with E-state index in [4.69, 9.17) is 14.2 Å². The van der Waals surface area contributed by atoms with Crippen molar-refractivity contribution in [3.8, 4) is 0 Å². The fourth-order valence-electron chi connectivity index (χ4n) is 3.87. The van der Waals surface area contributed by atoms with Crippen LogP contribution in [0.15, 0.2) is 23.8 Å². The highest BCUT2D eigenvalue weighted by Gasteiger charge is 2.54. The molecule has 3 aliphatic heterocycles. The van der Waals surface area contributed by atoms with Gasteiger partial charge in [-0.15, -0.1) is 0 Å². The normalized spacial score (nSPS) is 42.8. The van der Waals surface area contributed by atoms with E-state index >= 15 is 0 Å². The molecule has 0 amide bonds. The molecule has 0 saturated carbocycles. The van der Waals surface area contributed by atoms with Gasteiger partial charge in [0, 0.05) is 18.4 Å². The molecule has 0 aromatic rings. The Labute approximate surface area is 147 Å². The summed E-state index contributed by atoms with van der Waals surface area (Å²) in [6.45, 7) is 11.0. The highest BCUT2D eigenvalue weighted by Crippen LogP contribution is 2.47. The van der Waals surface area contributed by atoms with Crippen molar-refractivity contribution in [2.75, 3.05) is 0 Å². The van der Waals surface area contributed by atoms with Gasteiger partial charge in [-0.25, -0.2) is 4.79 Å². The molecule has 0 spiro atoms. The predicted octanol–water partition coefficient (Wildman–Crippen LogP) is 2.26. The number of hydrogen-bond acceptors (Lipinski definition) is 6. The third kappa shape index (κ3) is 3.13. The third-order valence-corrected chi connectivity index (χ3v) is 5.47. The first-order valence-electron chi connectivity index (χ1n) is 8.76. The van der Waals surface area contributed by atoms with Crippen LogP contribution in [0.5, 0.6) is 0 Å². The predicted molar refractivity (Wildman–Crippen MR) is 89.3 cm³/mol. The lowest BCUT2D eigenvalue weighted by atomic mass is 9.81. The Hall–Kier alpha value is -1.66. The monoisotopic (exact) mass is 350 g/mol. The van der Waals surface area contributed by atoms with E-state index < -0.39 is 35.5 Å². The number of ether oxygens (including phenoxy) is 3. The van der Waals surface area contributed by atoms with Crippen LogP contribution in [0.25, 0.3) is 0 Å². The second-order valence-corrected chi connectivity index (χ2v) is 7.94. The minimum atomic E-state index is -1.38. The second-order valence-electron chi connectivity index (χ2n) is 7.94. The van der Waals surface area contributed by atoms with Gasteiger partial charge < -0.3 is 19.3 Å². The molecule has 6 heteroatoms. The molecule has 2 bridgehead atoms. The van der Waals surface area contributed by atoms with Gasteiger partial charge in [-0.05, 0) is 31.9 Å². The van der Waals surface area contributed by atoms with E-state index in [9.17, 15) is 14.7 Å². The molecule has 0 unspecified atom stereocenters. The van der Waals surface area contributed by atoms with Crippen molar-refractivity contribution in [3.05, 3.63) is 23.8 Å². The third-order valence-electron chi connectivity index (χ3n) is 5.47. The summed E-state index contributed by atoms with van der Waals surface area (Å²) >= 11 is 0. The van der Waals surface area contributed by atoms with Gasteiger partial charge in [0.1, 0.15) is 12.2 Å². The minimum absolute atomic E-state index is 0.288. The van der Waals surface area contributed by atoms with E-state index in [1.807, 2.05) is 6.92 Å². The summed E-state index contributed by atoms with van der Waals surface area (Å²) < 4.78 is 17.2. The number of aliphatic hydroxyl groups is 1. The quantitative estimate of drug-likeness (QED) is 0.467. The number of esters is 2. The van der Waals surface area contributed by atoms with Crippen LogP contribution >= 0.6 is 0 Å². The Kier molecular flexibility index (Phi) is 4.32. The van der Waals surface area contributed by atoms with E-state index in [2.05, 4.69) is 6.58 Å². The molecule has 0 aromatic heterocycles. The van der Waals surface area contributed by atoms with Gasteiger partial charge in [-0.2, -0.15) is 0 Å². The summed E-state index contributed by atoms with van der Waals surface area (Å²) in [5.41, 5.74) is 0.237. The van der Waals surface area contributed by atoms with Gasteiger partial charge >= 0.3 is 11.9 Å². The van der Waals surface area contributed by atoms with Gasteiger partial charge in [0.15, 0.2) is 5.79 Å². The maximum atomic E-state index is 12.2. The van der Waals surface area contributed by atoms with E-state index in [1.165, 1.54) is 0 Å². The molecule has 0 aliphatic carbocycles. The van der Waals surface area contributed by atoms with Crippen molar-refractivity contribution in [3.63, 3.8) is 0 Å². The zero-order valence-corrected chi connectivity index (χ0v) is 15.2. The first-order chi connectivity index (χ1) is 11.5. The molecule has 6 nitrogen and oxygen atoms in total. The maximum absolute atomic E-state index is 12.2. The molecule has 3 rings (SSSR count). The average molecular weight is 350 g/mol. The van der Waals surface area contributed by atoms with Crippen LogP contribution in [0.3, 0.4) is 0 Å². The van der Waals surface area contributed by atoms with Gasteiger partial charge in [0.2, 0.25) is 0 Å². The van der Waals surface area contributed by atoms with E-state index in [1.54, 1.807) is 26.8 Å².